The molecule has 0 aliphatic carbocycles. The van der Waals surface area contributed by atoms with E-state index in [1.807, 2.05) is 37.3 Å². The average Bonchev–Trinajstić information content (AvgIpc) is 2.46. The molecule has 0 heterocycles. The number of carbonyl (C=O) groups is 1. The standard InChI is InChI=1S/C18H18O2/c1-13-8-9-15(14(2)12-13)10-11-17(19)16-6-4-5-7-18(16)20-3/h4-12H,1-3H3/b11-10+. The van der Waals surface area contributed by atoms with Crippen LogP contribution in [0.2, 0.25) is 0 Å². The smallest absolute Gasteiger partial charge is 0.189 e. The topological polar surface area (TPSA) is 26.3 Å². The van der Waals surface area contributed by atoms with E-state index in [-0.39, 0.29) is 5.78 Å². The number of rotatable bonds is 4. The van der Waals surface area contributed by atoms with Gasteiger partial charge in [0.05, 0.1) is 12.7 Å². The van der Waals surface area contributed by atoms with Gasteiger partial charge in [-0.25, -0.2) is 0 Å². The van der Waals surface area contributed by atoms with Gasteiger partial charge in [0.15, 0.2) is 5.78 Å². The van der Waals surface area contributed by atoms with Crippen LogP contribution in [0.25, 0.3) is 6.08 Å². The van der Waals surface area contributed by atoms with E-state index in [1.54, 1.807) is 25.3 Å². The molecule has 0 aliphatic heterocycles. The zero-order chi connectivity index (χ0) is 14.5. The SMILES string of the molecule is COc1ccccc1C(=O)/C=C/c1ccc(C)cc1C. The molecule has 102 valence electrons. The number of ether oxygens (including phenoxy) is 1. The molecule has 0 spiro atoms. The monoisotopic (exact) mass is 266 g/mol. The van der Waals surface area contributed by atoms with Crippen molar-refractivity contribution in [3.63, 3.8) is 0 Å². The molecule has 2 rings (SSSR count). The average molecular weight is 266 g/mol. The molecule has 0 aliphatic rings. The van der Waals surface area contributed by atoms with Gasteiger partial charge in [0, 0.05) is 0 Å². The molecule has 2 aromatic carbocycles. The maximum atomic E-state index is 12.2. The van der Waals surface area contributed by atoms with Gasteiger partial charge in [-0.15, -0.1) is 0 Å². The summed E-state index contributed by atoms with van der Waals surface area (Å²) in [5.41, 5.74) is 4.01. The first-order valence-corrected chi connectivity index (χ1v) is 6.54. The predicted molar refractivity (Wildman–Crippen MR) is 82.3 cm³/mol. The second kappa shape index (κ2) is 6.20. The Hall–Kier alpha value is -2.35. The molecular weight excluding hydrogens is 248 g/mol. The highest BCUT2D eigenvalue weighted by Gasteiger charge is 2.08. The van der Waals surface area contributed by atoms with E-state index in [1.165, 1.54) is 5.56 Å². The van der Waals surface area contributed by atoms with Crippen molar-refractivity contribution in [2.45, 2.75) is 13.8 Å². The molecule has 0 fully saturated rings. The zero-order valence-electron chi connectivity index (χ0n) is 12.0. The lowest BCUT2D eigenvalue weighted by Crippen LogP contribution is -1.98. The first-order valence-electron chi connectivity index (χ1n) is 6.54. The van der Waals surface area contributed by atoms with Crippen LogP contribution in [0.15, 0.2) is 48.5 Å². The lowest BCUT2D eigenvalue weighted by molar-refractivity contribution is 0.104. The maximum Gasteiger partial charge on any atom is 0.189 e. The van der Waals surface area contributed by atoms with Crippen LogP contribution >= 0.6 is 0 Å². The van der Waals surface area contributed by atoms with Crippen molar-refractivity contribution < 1.29 is 9.53 Å². The summed E-state index contributed by atoms with van der Waals surface area (Å²) in [6.45, 7) is 4.10. The van der Waals surface area contributed by atoms with Crippen LogP contribution in [0.1, 0.15) is 27.0 Å². The number of ketones is 1. The highest BCUT2D eigenvalue weighted by atomic mass is 16.5. The maximum absolute atomic E-state index is 12.2. The molecule has 20 heavy (non-hydrogen) atoms. The van der Waals surface area contributed by atoms with E-state index >= 15 is 0 Å². The number of hydrogen-bond acceptors (Lipinski definition) is 2. The van der Waals surface area contributed by atoms with E-state index in [9.17, 15) is 4.79 Å². The minimum Gasteiger partial charge on any atom is -0.496 e. The molecular formula is C18H18O2. The Labute approximate surface area is 119 Å². The van der Waals surface area contributed by atoms with E-state index in [0.29, 0.717) is 11.3 Å². The van der Waals surface area contributed by atoms with Gasteiger partial charge in [-0.2, -0.15) is 0 Å². The molecule has 0 atom stereocenters. The number of hydrogen-bond donors (Lipinski definition) is 0. The third-order valence-corrected chi connectivity index (χ3v) is 3.21. The van der Waals surface area contributed by atoms with Gasteiger partial charge in [-0.05, 0) is 43.2 Å². The van der Waals surface area contributed by atoms with E-state index < -0.39 is 0 Å². The Bertz CT molecular complexity index is 654. The van der Waals surface area contributed by atoms with Crippen LogP contribution in [0.4, 0.5) is 0 Å². The fourth-order valence-corrected chi connectivity index (χ4v) is 2.12. The molecule has 0 saturated carbocycles. The number of aryl methyl sites for hydroxylation is 2. The van der Waals surface area contributed by atoms with Gasteiger partial charge in [0.1, 0.15) is 5.75 Å². The first kappa shape index (κ1) is 14.1. The lowest BCUT2D eigenvalue weighted by Gasteiger charge is -2.05. The summed E-state index contributed by atoms with van der Waals surface area (Å²) in [6, 6.07) is 13.4. The Kier molecular flexibility index (Phi) is 4.36. The molecule has 0 saturated heterocycles. The molecule has 0 bridgehead atoms. The van der Waals surface area contributed by atoms with Crippen molar-refractivity contribution in [2.24, 2.45) is 0 Å². The van der Waals surface area contributed by atoms with Crippen molar-refractivity contribution in [3.8, 4) is 5.75 Å². The van der Waals surface area contributed by atoms with Crippen molar-refractivity contribution in [3.05, 3.63) is 70.8 Å². The Morgan fingerprint density at radius 1 is 1.10 bits per heavy atom. The number of benzene rings is 2. The highest BCUT2D eigenvalue weighted by Crippen LogP contribution is 2.19. The molecule has 2 aromatic rings. The lowest BCUT2D eigenvalue weighted by atomic mass is 10.0. The third-order valence-electron chi connectivity index (χ3n) is 3.21. The Morgan fingerprint density at radius 2 is 1.85 bits per heavy atom. The Balaban J connectivity index is 2.25. The van der Waals surface area contributed by atoms with Gasteiger partial charge in [-0.3, -0.25) is 4.79 Å². The summed E-state index contributed by atoms with van der Waals surface area (Å²) in [4.78, 5) is 12.2. The van der Waals surface area contributed by atoms with Crippen LogP contribution in [-0.4, -0.2) is 12.9 Å². The van der Waals surface area contributed by atoms with Crippen molar-refractivity contribution in [1.82, 2.24) is 0 Å². The molecule has 0 unspecified atom stereocenters. The fourth-order valence-electron chi connectivity index (χ4n) is 2.12. The minimum absolute atomic E-state index is 0.0533. The summed E-state index contributed by atoms with van der Waals surface area (Å²) in [6.07, 6.45) is 3.44. The fraction of sp³-hybridized carbons (Fsp3) is 0.167. The van der Waals surface area contributed by atoms with Gasteiger partial charge in [0.25, 0.3) is 0 Å². The Morgan fingerprint density at radius 3 is 2.55 bits per heavy atom. The third kappa shape index (κ3) is 3.15. The number of para-hydroxylation sites is 1. The van der Waals surface area contributed by atoms with Crippen molar-refractivity contribution in [1.29, 1.82) is 0 Å². The second-order valence-corrected chi connectivity index (χ2v) is 4.76. The molecule has 2 nitrogen and oxygen atoms in total. The normalized spacial score (nSPS) is 10.8. The van der Waals surface area contributed by atoms with Crippen LogP contribution < -0.4 is 4.74 Å². The van der Waals surface area contributed by atoms with Crippen molar-refractivity contribution >= 4 is 11.9 Å². The molecule has 0 radical (unpaired) electrons. The zero-order valence-corrected chi connectivity index (χ0v) is 12.0. The molecule has 0 N–H and O–H groups in total. The largest absolute Gasteiger partial charge is 0.496 e. The quantitative estimate of drug-likeness (QED) is 0.612. The van der Waals surface area contributed by atoms with Crippen LogP contribution in [0.3, 0.4) is 0 Å². The number of carbonyl (C=O) groups excluding carboxylic acids is 1. The van der Waals surface area contributed by atoms with E-state index in [2.05, 4.69) is 13.0 Å². The summed E-state index contributed by atoms with van der Waals surface area (Å²) < 4.78 is 5.20. The van der Waals surface area contributed by atoms with Gasteiger partial charge >= 0.3 is 0 Å². The van der Waals surface area contributed by atoms with Gasteiger partial charge < -0.3 is 4.74 Å². The van der Waals surface area contributed by atoms with Gasteiger partial charge in [-0.1, -0.05) is 42.0 Å². The second-order valence-electron chi connectivity index (χ2n) is 4.76. The van der Waals surface area contributed by atoms with Crippen LogP contribution in [-0.2, 0) is 0 Å². The summed E-state index contributed by atoms with van der Waals surface area (Å²) >= 11 is 0. The molecule has 0 aromatic heterocycles. The highest BCUT2D eigenvalue weighted by molar-refractivity contribution is 6.08. The summed E-state index contributed by atoms with van der Waals surface area (Å²) in [7, 11) is 1.57. The van der Waals surface area contributed by atoms with Crippen LogP contribution in [0.5, 0.6) is 5.75 Å². The first-order chi connectivity index (χ1) is 9.61. The molecule has 2 heteroatoms. The number of allylic oxidation sites excluding steroid dienone is 1. The summed E-state index contributed by atoms with van der Waals surface area (Å²) in [5, 5.41) is 0. The predicted octanol–water partition coefficient (Wildman–Crippen LogP) is 4.21. The molecule has 0 amide bonds. The minimum atomic E-state index is -0.0533. The number of methoxy groups -OCH3 is 1. The van der Waals surface area contributed by atoms with Crippen molar-refractivity contribution in [2.75, 3.05) is 7.11 Å². The van der Waals surface area contributed by atoms with Crippen LogP contribution in [0, 0.1) is 13.8 Å². The van der Waals surface area contributed by atoms with E-state index in [4.69, 9.17) is 4.74 Å². The summed E-state index contributed by atoms with van der Waals surface area (Å²) in [5.74, 6) is 0.546. The van der Waals surface area contributed by atoms with E-state index in [0.717, 1.165) is 11.1 Å². The van der Waals surface area contributed by atoms with Gasteiger partial charge in [0.2, 0.25) is 0 Å².